The first-order valence-electron chi connectivity index (χ1n) is 8.85. The van der Waals surface area contributed by atoms with Gasteiger partial charge in [0.1, 0.15) is 0 Å². The molecule has 2 aromatic carbocycles. The predicted molar refractivity (Wildman–Crippen MR) is 116 cm³/mol. The van der Waals surface area contributed by atoms with Crippen LogP contribution in [0.2, 0.25) is 20.1 Å². The van der Waals surface area contributed by atoms with E-state index in [1.807, 2.05) is 0 Å². The van der Waals surface area contributed by atoms with Crippen LogP contribution in [0.3, 0.4) is 0 Å². The average molecular weight is 460 g/mol. The van der Waals surface area contributed by atoms with Gasteiger partial charge in [0.2, 0.25) is 11.8 Å². The van der Waals surface area contributed by atoms with E-state index < -0.39 is 0 Å². The highest BCUT2D eigenvalue weighted by Gasteiger charge is 2.31. The van der Waals surface area contributed by atoms with E-state index in [4.69, 9.17) is 46.4 Å². The van der Waals surface area contributed by atoms with E-state index in [2.05, 4.69) is 10.6 Å². The topological polar surface area (TPSA) is 58.2 Å². The third-order valence-electron chi connectivity index (χ3n) is 4.79. The molecular weight excluding hydrogens is 442 g/mol. The van der Waals surface area contributed by atoms with Crippen LogP contribution in [-0.2, 0) is 9.59 Å². The zero-order valence-electron chi connectivity index (χ0n) is 14.8. The first kappa shape index (κ1) is 21.3. The Morgan fingerprint density at radius 2 is 1.18 bits per heavy atom. The molecule has 1 fully saturated rings. The zero-order chi connectivity index (χ0) is 20.3. The summed E-state index contributed by atoms with van der Waals surface area (Å²) in [5, 5.41) is 7.42. The summed E-state index contributed by atoms with van der Waals surface area (Å²) in [4.78, 5) is 25.3. The van der Waals surface area contributed by atoms with Crippen molar-refractivity contribution in [3.63, 3.8) is 0 Å². The first-order chi connectivity index (χ1) is 13.3. The van der Waals surface area contributed by atoms with Gasteiger partial charge in [-0.1, -0.05) is 52.8 Å². The Kier molecular flexibility index (Phi) is 7.10. The molecule has 2 unspecified atom stereocenters. The molecule has 0 aliphatic heterocycles. The summed E-state index contributed by atoms with van der Waals surface area (Å²) in [6.45, 7) is 0. The van der Waals surface area contributed by atoms with Crippen LogP contribution < -0.4 is 10.6 Å². The largest absolute Gasteiger partial charge is 0.325 e. The summed E-state index contributed by atoms with van der Waals surface area (Å²) >= 11 is 24.0. The molecule has 0 heterocycles. The number of hydrogen-bond donors (Lipinski definition) is 2. The molecule has 0 aromatic heterocycles. The Hall–Kier alpha value is -1.46. The van der Waals surface area contributed by atoms with Crippen LogP contribution in [0.25, 0.3) is 0 Å². The second-order valence-electron chi connectivity index (χ2n) is 6.79. The number of hydrogen-bond acceptors (Lipinski definition) is 2. The number of benzene rings is 2. The van der Waals surface area contributed by atoms with Crippen LogP contribution in [0.15, 0.2) is 36.4 Å². The van der Waals surface area contributed by atoms with E-state index in [0.29, 0.717) is 37.9 Å². The van der Waals surface area contributed by atoms with Gasteiger partial charge in [0, 0.05) is 21.9 Å². The maximum atomic E-state index is 12.7. The molecule has 0 radical (unpaired) electrons. The lowest BCUT2D eigenvalue weighted by Gasteiger charge is -2.28. The molecule has 148 valence electrons. The van der Waals surface area contributed by atoms with Gasteiger partial charge in [-0.25, -0.2) is 0 Å². The van der Waals surface area contributed by atoms with E-state index >= 15 is 0 Å². The normalized spacial score (nSPS) is 19.1. The zero-order valence-corrected chi connectivity index (χ0v) is 17.8. The monoisotopic (exact) mass is 458 g/mol. The highest BCUT2D eigenvalue weighted by molar-refractivity contribution is 6.37. The molecule has 2 aromatic rings. The van der Waals surface area contributed by atoms with E-state index in [-0.39, 0.29) is 23.7 Å². The van der Waals surface area contributed by atoms with Crippen molar-refractivity contribution in [3.8, 4) is 0 Å². The van der Waals surface area contributed by atoms with E-state index in [9.17, 15) is 9.59 Å². The van der Waals surface area contributed by atoms with E-state index in [1.54, 1.807) is 36.4 Å². The number of carbonyl (C=O) groups is 2. The number of carbonyl (C=O) groups excluding carboxylic acids is 2. The number of halogens is 4. The molecular formula is C20H18Cl4N2O2. The standard InChI is InChI=1S/C20H18Cl4N2O2/c21-13-4-6-17(15(23)9-13)25-19(27)11-2-1-3-12(8-11)20(28)26-18-7-5-14(22)10-16(18)24/h4-7,9-12H,1-3,8H2,(H,25,27)(H,26,28). The smallest absolute Gasteiger partial charge is 0.227 e. The van der Waals surface area contributed by atoms with Crippen LogP contribution in [0.4, 0.5) is 11.4 Å². The predicted octanol–water partition coefficient (Wildman–Crippen LogP) is 6.68. The van der Waals surface area contributed by atoms with Crippen LogP contribution >= 0.6 is 46.4 Å². The van der Waals surface area contributed by atoms with Crippen LogP contribution in [0.5, 0.6) is 0 Å². The number of anilines is 2. The summed E-state index contributed by atoms with van der Waals surface area (Å²) in [6, 6.07) is 9.81. The first-order valence-corrected chi connectivity index (χ1v) is 10.4. The van der Waals surface area contributed by atoms with Gasteiger partial charge in [0.15, 0.2) is 0 Å². The quantitative estimate of drug-likeness (QED) is 0.535. The van der Waals surface area contributed by atoms with Crippen molar-refractivity contribution in [2.45, 2.75) is 25.7 Å². The maximum Gasteiger partial charge on any atom is 0.227 e. The molecule has 0 spiro atoms. The highest BCUT2D eigenvalue weighted by atomic mass is 35.5. The van der Waals surface area contributed by atoms with Crippen LogP contribution in [-0.4, -0.2) is 11.8 Å². The third-order valence-corrected chi connectivity index (χ3v) is 5.89. The molecule has 4 nitrogen and oxygen atoms in total. The van der Waals surface area contributed by atoms with E-state index in [1.165, 1.54) is 0 Å². The second kappa shape index (κ2) is 9.36. The molecule has 2 atom stereocenters. The Labute approximate surface area is 183 Å². The number of nitrogens with one attached hydrogen (secondary N) is 2. The minimum atomic E-state index is -0.267. The van der Waals surface area contributed by atoms with Gasteiger partial charge in [-0.3, -0.25) is 9.59 Å². The van der Waals surface area contributed by atoms with Crippen LogP contribution in [0.1, 0.15) is 25.7 Å². The van der Waals surface area contributed by atoms with Gasteiger partial charge >= 0.3 is 0 Å². The van der Waals surface area contributed by atoms with Crippen molar-refractivity contribution in [3.05, 3.63) is 56.5 Å². The summed E-state index contributed by atoms with van der Waals surface area (Å²) in [5.41, 5.74) is 1.02. The molecule has 28 heavy (non-hydrogen) atoms. The molecule has 2 N–H and O–H groups in total. The molecule has 0 saturated heterocycles. The minimum Gasteiger partial charge on any atom is -0.325 e. The summed E-state index contributed by atoms with van der Waals surface area (Å²) in [5.74, 6) is -0.827. The molecule has 1 aliphatic rings. The lowest BCUT2D eigenvalue weighted by Crippen LogP contribution is -2.33. The third kappa shape index (κ3) is 5.32. The lowest BCUT2D eigenvalue weighted by atomic mass is 9.80. The van der Waals surface area contributed by atoms with Crippen LogP contribution in [0, 0.1) is 11.8 Å². The fourth-order valence-electron chi connectivity index (χ4n) is 3.32. The van der Waals surface area contributed by atoms with E-state index in [0.717, 1.165) is 19.3 Å². The molecule has 1 saturated carbocycles. The number of rotatable bonds is 4. The fourth-order valence-corrected chi connectivity index (χ4v) is 4.23. The van der Waals surface area contributed by atoms with Crippen molar-refractivity contribution < 1.29 is 9.59 Å². The van der Waals surface area contributed by atoms with Gasteiger partial charge < -0.3 is 10.6 Å². The van der Waals surface area contributed by atoms with Gasteiger partial charge in [0.05, 0.1) is 21.4 Å². The van der Waals surface area contributed by atoms with Gasteiger partial charge in [-0.05, 0) is 55.7 Å². The second-order valence-corrected chi connectivity index (χ2v) is 8.47. The minimum absolute atomic E-state index is 0.147. The molecule has 0 bridgehead atoms. The van der Waals surface area contributed by atoms with Crippen molar-refractivity contribution in [2.75, 3.05) is 10.6 Å². The fraction of sp³-hybridized carbons (Fsp3) is 0.300. The average Bonchev–Trinajstić information content (AvgIpc) is 2.66. The number of amides is 2. The van der Waals surface area contributed by atoms with Crippen molar-refractivity contribution in [2.24, 2.45) is 11.8 Å². The lowest BCUT2D eigenvalue weighted by molar-refractivity contribution is -0.124. The SMILES string of the molecule is O=C(Nc1ccc(Cl)cc1Cl)C1CCCC(C(=O)Nc2ccc(Cl)cc2Cl)C1. The molecule has 2 amide bonds. The van der Waals surface area contributed by atoms with Crippen molar-refractivity contribution >= 4 is 69.6 Å². The molecule has 8 heteroatoms. The summed E-state index contributed by atoms with van der Waals surface area (Å²) < 4.78 is 0. The van der Waals surface area contributed by atoms with Gasteiger partial charge in [0.25, 0.3) is 0 Å². The Morgan fingerprint density at radius 1 is 0.750 bits per heavy atom. The molecule has 3 rings (SSSR count). The highest BCUT2D eigenvalue weighted by Crippen LogP contribution is 2.33. The Morgan fingerprint density at radius 3 is 1.57 bits per heavy atom. The van der Waals surface area contributed by atoms with Crippen molar-refractivity contribution in [1.82, 2.24) is 0 Å². The Bertz CT molecular complexity index is 832. The Balaban J connectivity index is 1.62. The summed E-state index contributed by atoms with van der Waals surface area (Å²) in [6.07, 6.45) is 2.71. The van der Waals surface area contributed by atoms with Gasteiger partial charge in [-0.15, -0.1) is 0 Å². The van der Waals surface area contributed by atoms with Crippen molar-refractivity contribution in [1.29, 1.82) is 0 Å². The summed E-state index contributed by atoms with van der Waals surface area (Å²) in [7, 11) is 0. The van der Waals surface area contributed by atoms with Gasteiger partial charge in [-0.2, -0.15) is 0 Å². The maximum absolute atomic E-state index is 12.7. The molecule has 1 aliphatic carbocycles.